The average Bonchev–Trinajstić information content (AvgIpc) is 2.11. The first-order chi connectivity index (χ1) is 6.52. The molecule has 0 aliphatic heterocycles. The van der Waals surface area contributed by atoms with Gasteiger partial charge in [-0.15, -0.1) is 0 Å². The fourth-order valence-corrected chi connectivity index (χ4v) is 1.21. The molecule has 0 aliphatic rings. The van der Waals surface area contributed by atoms with E-state index >= 15 is 0 Å². The lowest BCUT2D eigenvalue weighted by molar-refractivity contribution is 0.0316. The van der Waals surface area contributed by atoms with E-state index in [1.54, 1.807) is 0 Å². The molecule has 0 atom stereocenters. The van der Waals surface area contributed by atoms with Crippen LogP contribution in [0.15, 0.2) is 0 Å². The van der Waals surface area contributed by atoms with Crippen molar-refractivity contribution in [1.29, 1.82) is 0 Å². The molecule has 0 aromatic heterocycles. The van der Waals surface area contributed by atoms with Crippen LogP contribution in [0.3, 0.4) is 0 Å². The molecule has 0 heterocycles. The smallest absolute Gasteiger partial charge is 0.407 e. The van der Waals surface area contributed by atoms with Crippen molar-refractivity contribution in [1.82, 2.24) is 5.32 Å². The molecule has 0 rings (SSSR count). The lowest BCUT2D eigenvalue weighted by Gasteiger charge is -2.24. The van der Waals surface area contributed by atoms with Crippen LogP contribution < -0.4 is 5.32 Å². The second kappa shape index (κ2) is 6.98. The molecule has 0 bridgehead atoms. The minimum Gasteiger partial charge on any atom is -0.444 e. The number of thiol groups is 1. The Kier molecular flexibility index (Phi) is 6.79. The third-order valence-corrected chi connectivity index (χ3v) is 2.11. The van der Waals surface area contributed by atoms with E-state index < -0.39 is 0 Å². The van der Waals surface area contributed by atoms with E-state index in [2.05, 4.69) is 24.9 Å². The van der Waals surface area contributed by atoms with Gasteiger partial charge in [0.1, 0.15) is 5.60 Å². The van der Waals surface area contributed by atoms with Crippen LogP contribution >= 0.6 is 12.6 Å². The first-order valence-corrected chi connectivity index (χ1v) is 5.73. The summed E-state index contributed by atoms with van der Waals surface area (Å²) in [6.45, 7) is 6.54. The Bertz CT molecular complexity index is 172. The first kappa shape index (κ1) is 13.6. The van der Waals surface area contributed by atoms with Gasteiger partial charge in [-0.2, -0.15) is 12.6 Å². The summed E-state index contributed by atoms with van der Waals surface area (Å²) in [5, 5.41) is 2.63. The number of unbranched alkanes of at least 4 members (excludes halogenated alkanes) is 1. The zero-order valence-corrected chi connectivity index (χ0v) is 10.2. The highest BCUT2D eigenvalue weighted by molar-refractivity contribution is 7.80. The van der Waals surface area contributed by atoms with Crippen LogP contribution in [-0.4, -0.2) is 24.0 Å². The van der Waals surface area contributed by atoms with Gasteiger partial charge in [0.2, 0.25) is 0 Å². The summed E-state index contributed by atoms with van der Waals surface area (Å²) in [4.78, 5) is 11.2. The molecule has 0 saturated heterocycles. The molecule has 0 aliphatic carbocycles. The highest BCUT2D eigenvalue weighted by atomic mass is 32.1. The third kappa shape index (κ3) is 7.06. The third-order valence-electron chi connectivity index (χ3n) is 1.88. The monoisotopic (exact) mass is 219 g/mol. The summed E-state index contributed by atoms with van der Waals surface area (Å²) in [5.74, 6) is 0.629. The summed E-state index contributed by atoms with van der Waals surface area (Å²) >= 11 is 3.99. The molecule has 0 aromatic rings. The predicted molar refractivity (Wildman–Crippen MR) is 61.9 cm³/mol. The van der Waals surface area contributed by atoms with E-state index in [1.807, 2.05) is 13.8 Å². The molecular formula is C10H21NO2S. The predicted octanol–water partition coefficient (Wildman–Crippen LogP) is 2.61. The summed E-state index contributed by atoms with van der Waals surface area (Å²) < 4.78 is 5.26. The molecule has 4 heteroatoms. The van der Waals surface area contributed by atoms with E-state index in [0.29, 0.717) is 12.3 Å². The van der Waals surface area contributed by atoms with Gasteiger partial charge >= 0.3 is 6.09 Å². The van der Waals surface area contributed by atoms with Gasteiger partial charge in [0.25, 0.3) is 0 Å². The fraction of sp³-hybridized carbons (Fsp3) is 0.900. The Morgan fingerprint density at radius 2 is 2.14 bits per heavy atom. The number of nitrogens with one attached hydrogen (secondary N) is 1. The van der Waals surface area contributed by atoms with Crippen LogP contribution in [-0.2, 0) is 4.74 Å². The molecule has 0 spiro atoms. The second-order valence-electron chi connectivity index (χ2n) is 3.90. The zero-order valence-electron chi connectivity index (χ0n) is 9.30. The SMILES string of the molecule is CCCCC(C)(C)OC(=O)NCCS. The van der Waals surface area contributed by atoms with Gasteiger partial charge in [0.05, 0.1) is 0 Å². The molecule has 1 N–H and O–H groups in total. The zero-order chi connectivity index (χ0) is 11.0. The van der Waals surface area contributed by atoms with Gasteiger partial charge in [-0.25, -0.2) is 4.79 Å². The normalized spacial score (nSPS) is 11.1. The van der Waals surface area contributed by atoms with Crippen LogP contribution in [0.25, 0.3) is 0 Å². The maximum absolute atomic E-state index is 11.2. The van der Waals surface area contributed by atoms with Gasteiger partial charge in [0.15, 0.2) is 0 Å². The molecule has 0 fully saturated rings. The molecule has 0 aromatic carbocycles. The Balaban J connectivity index is 3.76. The lowest BCUT2D eigenvalue weighted by atomic mass is 10.0. The van der Waals surface area contributed by atoms with Gasteiger partial charge in [-0.05, 0) is 26.7 Å². The van der Waals surface area contributed by atoms with Gasteiger partial charge in [0, 0.05) is 12.3 Å². The van der Waals surface area contributed by atoms with Crippen molar-refractivity contribution in [3.05, 3.63) is 0 Å². The molecule has 3 nitrogen and oxygen atoms in total. The molecule has 0 radical (unpaired) electrons. The molecule has 0 saturated carbocycles. The summed E-state index contributed by atoms with van der Waals surface area (Å²) in [7, 11) is 0. The number of carbonyl (C=O) groups excluding carboxylic acids is 1. The largest absolute Gasteiger partial charge is 0.444 e. The highest BCUT2D eigenvalue weighted by Crippen LogP contribution is 2.17. The average molecular weight is 219 g/mol. The first-order valence-electron chi connectivity index (χ1n) is 5.09. The van der Waals surface area contributed by atoms with Crippen molar-refractivity contribution in [3.63, 3.8) is 0 Å². The summed E-state index contributed by atoms with van der Waals surface area (Å²) in [5.41, 5.74) is -0.364. The van der Waals surface area contributed by atoms with Crippen molar-refractivity contribution in [2.75, 3.05) is 12.3 Å². The van der Waals surface area contributed by atoms with Crippen LogP contribution in [0.4, 0.5) is 4.79 Å². The van der Waals surface area contributed by atoms with Gasteiger partial charge in [-0.3, -0.25) is 0 Å². The van der Waals surface area contributed by atoms with Crippen molar-refractivity contribution < 1.29 is 9.53 Å². The highest BCUT2D eigenvalue weighted by Gasteiger charge is 2.21. The molecule has 1 amide bonds. The Labute approximate surface area is 92.0 Å². The minimum atomic E-state index is -0.364. The van der Waals surface area contributed by atoms with E-state index in [4.69, 9.17) is 4.74 Å². The molecule has 0 unspecified atom stereocenters. The van der Waals surface area contributed by atoms with Crippen LogP contribution in [0, 0.1) is 0 Å². The summed E-state index contributed by atoms with van der Waals surface area (Å²) in [6, 6.07) is 0. The topological polar surface area (TPSA) is 38.3 Å². The Morgan fingerprint density at radius 3 is 2.64 bits per heavy atom. The van der Waals surface area contributed by atoms with E-state index in [0.717, 1.165) is 19.3 Å². The van der Waals surface area contributed by atoms with Crippen molar-refractivity contribution in [2.45, 2.75) is 45.6 Å². The number of ether oxygens (including phenoxy) is 1. The number of rotatable bonds is 6. The Hall–Kier alpha value is -0.380. The number of amides is 1. The molecular weight excluding hydrogens is 198 g/mol. The number of carbonyl (C=O) groups is 1. The van der Waals surface area contributed by atoms with Crippen molar-refractivity contribution >= 4 is 18.7 Å². The van der Waals surface area contributed by atoms with E-state index in [-0.39, 0.29) is 11.7 Å². The minimum absolute atomic E-state index is 0.347. The quantitative estimate of drug-likeness (QED) is 0.674. The van der Waals surface area contributed by atoms with Gasteiger partial charge in [-0.1, -0.05) is 13.3 Å². The fourth-order valence-electron chi connectivity index (χ4n) is 1.10. The molecule has 84 valence electrons. The van der Waals surface area contributed by atoms with Gasteiger partial charge < -0.3 is 10.1 Å². The summed E-state index contributed by atoms with van der Waals surface area (Å²) in [6.07, 6.45) is 2.75. The standard InChI is InChI=1S/C10H21NO2S/c1-4-5-6-10(2,3)13-9(12)11-7-8-14/h14H,4-8H2,1-3H3,(H,11,12). The van der Waals surface area contributed by atoms with E-state index in [1.165, 1.54) is 0 Å². The van der Waals surface area contributed by atoms with Crippen molar-refractivity contribution in [2.24, 2.45) is 0 Å². The van der Waals surface area contributed by atoms with Crippen LogP contribution in [0.5, 0.6) is 0 Å². The van der Waals surface area contributed by atoms with Crippen molar-refractivity contribution in [3.8, 4) is 0 Å². The Morgan fingerprint density at radius 1 is 1.50 bits per heavy atom. The second-order valence-corrected chi connectivity index (χ2v) is 4.35. The lowest BCUT2D eigenvalue weighted by Crippen LogP contribution is -2.35. The maximum atomic E-state index is 11.2. The van der Waals surface area contributed by atoms with E-state index in [9.17, 15) is 4.79 Å². The number of alkyl carbamates (subject to hydrolysis) is 1. The van der Waals surface area contributed by atoms with Crippen LogP contribution in [0.2, 0.25) is 0 Å². The molecule has 14 heavy (non-hydrogen) atoms. The number of hydrogen-bond donors (Lipinski definition) is 2. The maximum Gasteiger partial charge on any atom is 0.407 e. The number of hydrogen-bond acceptors (Lipinski definition) is 3. The van der Waals surface area contributed by atoms with Crippen LogP contribution in [0.1, 0.15) is 40.0 Å².